The maximum Gasteiger partial charge on any atom is 0.214 e. The van der Waals surface area contributed by atoms with Crippen LogP contribution in [0.5, 0.6) is 0 Å². The lowest BCUT2D eigenvalue weighted by Crippen LogP contribution is -2.37. The Labute approximate surface area is 106 Å². The first-order valence-corrected chi connectivity index (χ1v) is 7.66. The average Bonchev–Trinajstić information content (AvgIpc) is 2.22. The summed E-state index contributed by atoms with van der Waals surface area (Å²) in [6.07, 6.45) is 1.50. The van der Waals surface area contributed by atoms with Crippen LogP contribution >= 0.6 is 0 Å². The monoisotopic (exact) mass is 266 g/mol. The predicted molar refractivity (Wildman–Crippen MR) is 70.7 cm³/mol. The van der Waals surface area contributed by atoms with Crippen LogP contribution in [0.1, 0.15) is 19.8 Å². The normalized spacial score (nSPS) is 12.6. The van der Waals surface area contributed by atoms with E-state index < -0.39 is 10.0 Å². The van der Waals surface area contributed by atoms with Crippen molar-refractivity contribution in [3.05, 3.63) is 0 Å². The van der Waals surface area contributed by atoms with Crippen molar-refractivity contribution >= 4 is 10.0 Å². The predicted octanol–water partition coefficient (Wildman–Crippen LogP) is 0.626. The summed E-state index contributed by atoms with van der Waals surface area (Å²) in [5.74, 6) is 0.221. The molecule has 0 radical (unpaired) electrons. The standard InChI is InChI=1S/C11H26N2O3S/c1-5-11-17(14,15)13(9-10-16-4)8-6-7-12(2)3/h5-11H2,1-4H3. The van der Waals surface area contributed by atoms with Gasteiger partial charge in [-0.3, -0.25) is 0 Å². The van der Waals surface area contributed by atoms with Gasteiger partial charge in [0.25, 0.3) is 0 Å². The van der Waals surface area contributed by atoms with Gasteiger partial charge in [-0.25, -0.2) is 8.42 Å². The van der Waals surface area contributed by atoms with E-state index >= 15 is 0 Å². The lowest BCUT2D eigenvalue weighted by Gasteiger charge is -2.22. The summed E-state index contributed by atoms with van der Waals surface area (Å²) in [7, 11) is 2.45. The van der Waals surface area contributed by atoms with E-state index in [0.29, 0.717) is 26.1 Å². The molecule has 0 saturated carbocycles. The Bertz CT molecular complexity index is 278. The molecule has 0 bridgehead atoms. The second kappa shape index (κ2) is 8.85. The van der Waals surface area contributed by atoms with Crippen molar-refractivity contribution in [2.24, 2.45) is 0 Å². The summed E-state index contributed by atoms with van der Waals surface area (Å²) in [6, 6.07) is 0. The highest BCUT2D eigenvalue weighted by molar-refractivity contribution is 7.89. The van der Waals surface area contributed by atoms with Crippen molar-refractivity contribution in [3.8, 4) is 0 Å². The summed E-state index contributed by atoms with van der Waals surface area (Å²) in [5, 5.41) is 0. The lowest BCUT2D eigenvalue weighted by atomic mass is 10.4. The molecule has 0 aromatic rings. The van der Waals surface area contributed by atoms with E-state index in [1.54, 1.807) is 11.4 Å². The molecule has 104 valence electrons. The molecular weight excluding hydrogens is 240 g/mol. The van der Waals surface area contributed by atoms with Crippen LogP contribution in [-0.4, -0.2) is 70.8 Å². The van der Waals surface area contributed by atoms with Gasteiger partial charge in [-0.05, 0) is 33.5 Å². The molecule has 0 aliphatic carbocycles. The highest BCUT2D eigenvalue weighted by atomic mass is 32.2. The van der Waals surface area contributed by atoms with Crippen LogP contribution in [0, 0.1) is 0 Å². The second-order valence-corrected chi connectivity index (χ2v) is 6.45. The van der Waals surface area contributed by atoms with Gasteiger partial charge in [0.15, 0.2) is 0 Å². The SMILES string of the molecule is CCCS(=O)(=O)N(CCCN(C)C)CCOC. The molecule has 0 N–H and O–H groups in total. The van der Waals surface area contributed by atoms with E-state index in [1.807, 2.05) is 21.0 Å². The molecule has 5 nitrogen and oxygen atoms in total. The third-order valence-corrected chi connectivity index (χ3v) is 4.49. The van der Waals surface area contributed by atoms with Crippen LogP contribution in [0.25, 0.3) is 0 Å². The van der Waals surface area contributed by atoms with Crippen molar-refractivity contribution in [1.82, 2.24) is 9.21 Å². The van der Waals surface area contributed by atoms with E-state index in [1.165, 1.54) is 0 Å². The highest BCUT2D eigenvalue weighted by Crippen LogP contribution is 2.05. The minimum atomic E-state index is -3.11. The van der Waals surface area contributed by atoms with Gasteiger partial charge in [0.1, 0.15) is 0 Å². The Hall–Kier alpha value is -0.170. The maximum atomic E-state index is 12.0. The van der Waals surface area contributed by atoms with Crippen molar-refractivity contribution in [2.45, 2.75) is 19.8 Å². The first-order valence-electron chi connectivity index (χ1n) is 6.05. The van der Waals surface area contributed by atoms with Gasteiger partial charge in [-0.2, -0.15) is 4.31 Å². The van der Waals surface area contributed by atoms with Crippen LogP contribution in [-0.2, 0) is 14.8 Å². The highest BCUT2D eigenvalue weighted by Gasteiger charge is 2.20. The molecule has 0 atom stereocenters. The largest absolute Gasteiger partial charge is 0.383 e. The van der Waals surface area contributed by atoms with Crippen LogP contribution in [0.15, 0.2) is 0 Å². The first kappa shape index (κ1) is 16.8. The summed E-state index contributed by atoms with van der Waals surface area (Å²) < 4.78 is 30.4. The molecule has 0 saturated heterocycles. The van der Waals surface area contributed by atoms with Gasteiger partial charge in [0.2, 0.25) is 10.0 Å². The molecule has 0 aromatic carbocycles. The van der Waals surface area contributed by atoms with Gasteiger partial charge in [-0.1, -0.05) is 6.92 Å². The molecule has 0 heterocycles. The average molecular weight is 266 g/mol. The Morgan fingerprint density at radius 3 is 2.24 bits per heavy atom. The number of ether oxygens (including phenoxy) is 1. The van der Waals surface area contributed by atoms with E-state index in [9.17, 15) is 8.42 Å². The van der Waals surface area contributed by atoms with Crippen molar-refractivity contribution in [1.29, 1.82) is 0 Å². The fraction of sp³-hybridized carbons (Fsp3) is 1.00. The molecule has 0 spiro atoms. The molecule has 6 heteroatoms. The second-order valence-electron chi connectivity index (χ2n) is 4.36. The number of hydrogen-bond acceptors (Lipinski definition) is 4. The van der Waals surface area contributed by atoms with E-state index in [-0.39, 0.29) is 5.75 Å². The Kier molecular flexibility index (Phi) is 8.77. The molecule has 0 unspecified atom stereocenters. The van der Waals surface area contributed by atoms with Gasteiger partial charge in [-0.15, -0.1) is 0 Å². The topological polar surface area (TPSA) is 49.9 Å². The minimum absolute atomic E-state index is 0.221. The third kappa shape index (κ3) is 7.70. The van der Waals surface area contributed by atoms with Crippen molar-refractivity contribution in [3.63, 3.8) is 0 Å². The molecule has 0 rings (SSSR count). The van der Waals surface area contributed by atoms with Crippen LogP contribution in [0.4, 0.5) is 0 Å². The van der Waals surface area contributed by atoms with Crippen molar-refractivity contribution in [2.75, 3.05) is 53.2 Å². The minimum Gasteiger partial charge on any atom is -0.383 e. The molecule has 0 aliphatic heterocycles. The quantitative estimate of drug-likeness (QED) is 0.582. The number of sulfonamides is 1. The molecular formula is C11H26N2O3S. The zero-order valence-corrected chi connectivity index (χ0v) is 12.3. The molecule has 0 aromatic heterocycles. The summed E-state index contributed by atoms with van der Waals surface area (Å²) in [6.45, 7) is 4.25. The van der Waals surface area contributed by atoms with Crippen molar-refractivity contribution < 1.29 is 13.2 Å². The van der Waals surface area contributed by atoms with Gasteiger partial charge >= 0.3 is 0 Å². The number of nitrogens with zero attached hydrogens (tertiary/aromatic N) is 2. The van der Waals surface area contributed by atoms with Crippen LogP contribution < -0.4 is 0 Å². The van der Waals surface area contributed by atoms with E-state index in [2.05, 4.69) is 4.90 Å². The fourth-order valence-corrected chi connectivity index (χ4v) is 3.07. The summed E-state index contributed by atoms with van der Waals surface area (Å²) in [5.41, 5.74) is 0. The number of hydrogen-bond donors (Lipinski definition) is 0. The molecule has 0 aliphatic rings. The summed E-state index contributed by atoms with van der Waals surface area (Å²) in [4.78, 5) is 2.06. The van der Waals surface area contributed by atoms with Crippen LogP contribution in [0.2, 0.25) is 0 Å². The van der Waals surface area contributed by atoms with Gasteiger partial charge < -0.3 is 9.64 Å². The molecule has 17 heavy (non-hydrogen) atoms. The summed E-state index contributed by atoms with van der Waals surface area (Å²) >= 11 is 0. The first-order chi connectivity index (χ1) is 7.94. The van der Waals surface area contributed by atoms with E-state index in [4.69, 9.17) is 4.74 Å². The number of methoxy groups -OCH3 is 1. The zero-order valence-electron chi connectivity index (χ0n) is 11.5. The number of rotatable bonds is 10. The smallest absolute Gasteiger partial charge is 0.214 e. The maximum absolute atomic E-state index is 12.0. The lowest BCUT2D eigenvalue weighted by molar-refractivity contribution is 0.177. The van der Waals surface area contributed by atoms with Gasteiger partial charge in [0.05, 0.1) is 12.4 Å². The Balaban J connectivity index is 4.32. The Morgan fingerprint density at radius 2 is 1.76 bits per heavy atom. The van der Waals surface area contributed by atoms with Gasteiger partial charge in [0, 0.05) is 20.2 Å². The molecule has 0 fully saturated rings. The third-order valence-electron chi connectivity index (χ3n) is 2.41. The van der Waals surface area contributed by atoms with Crippen LogP contribution in [0.3, 0.4) is 0 Å². The fourth-order valence-electron chi connectivity index (χ4n) is 1.53. The zero-order chi connectivity index (χ0) is 13.3. The Morgan fingerprint density at radius 1 is 1.12 bits per heavy atom. The van der Waals surface area contributed by atoms with E-state index in [0.717, 1.165) is 13.0 Å². The molecule has 0 amide bonds.